The van der Waals surface area contributed by atoms with Crippen LogP contribution in [0.1, 0.15) is 40.5 Å². The number of benzene rings is 1. The summed E-state index contributed by atoms with van der Waals surface area (Å²) < 4.78 is 0. The standard InChI is InChI=1S/C13H15NO3/c1-13(6-7-13)8-14-11(15)9-4-2-3-5-10(9)12(16)17/h2-5H,6-8H2,1H3,(H,14,15)(H,16,17). The van der Waals surface area contributed by atoms with E-state index in [1.165, 1.54) is 12.1 Å². The number of carbonyl (C=O) groups is 2. The maximum absolute atomic E-state index is 11.9. The molecular formula is C13H15NO3. The highest BCUT2D eigenvalue weighted by Gasteiger charge is 2.37. The number of hydrogen-bond donors (Lipinski definition) is 2. The molecule has 1 fully saturated rings. The molecule has 1 saturated carbocycles. The molecule has 4 heteroatoms. The molecular weight excluding hydrogens is 218 g/mol. The van der Waals surface area contributed by atoms with Gasteiger partial charge in [-0.05, 0) is 30.4 Å². The van der Waals surface area contributed by atoms with Crippen LogP contribution in [-0.4, -0.2) is 23.5 Å². The van der Waals surface area contributed by atoms with Crippen LogP contribution in [0.5, 0.6) is 0 Å². The van der Waals surface area contributed by atoms with Crippen molar-refractivity contribution in [3.63, 3.8) is 0 Å². The number of carbonyl (C=O) groups excluding carboxylic acids is 1. The van der Waals surface area contributed by atoms with E-state index in [0.29, 0.717) is 6.54 Å². The maximum Gasteiger partial charge on any atom is 0.336 e. The SMILES string of the molecule is CC1(CNC(=O)c2ccccc2C(=O)O)CC1. The molecule has 1 aromatic carbocycles. The van der Waals surface area contributed by atoms with Gasteiger partial charge in [-0.3, -0.25) is 4.79 Å². The van der Waals surface area contributed by atoms with Gasteiger partial charge in [0, 0.05) is 6.54 Å². The van der Waals surface area contributed by atoms with Crippen LogP contribution in [0.25, 0.3) is 0 Å². The first-order chi connectivity index (χ1) is 8.02. The van der Waals surface area contributed by atoms with Gasteiger partial charge in [-0.2, -0.15) is 0 Å². The van der Waals surface area contributed by atoms with E-state index in [-0.39, 0.29) is 22.4 Å². The molecule has 0 radical (unpaired) electrons. The minimum absolute atomic E-state index is 0.0472. The van der Waals surface area contributed by atoms with Crippen molar-refractivity contribution in [3.8, 4) is 0 Å². The van der Waals surface area contributed by atoms with Gasteiger partial charge >= 0.3 is 5.97 Å². The molecule has 2 rings (SSSR count). The van der Waals surface area contributed by atoms with Gasteiger partial charge in [0.25, 0.3) is 5.91 Å². The predicted molar refractivity (Wildman–Crippen MR) is 63.1 cm³/mol. The van der Waals surface area contributed by atoms with Crippen LogP contribution in [0, 0.1) is 5.41 Å². The van der Waals surface area contributed by atoms with Gasteiger partial charge < -0.3 is 10.4 Å². The zero-order valence-corrected chi connectivity index (χ0v) is 9.69. The quantitative estimate of drug-likeness (QED) is 0.834. The molecule has 4 nitrogen and oxygen atoms in total. The number of aromatic carboxylic acids is 1. The van der Waals surface area contributed by atoms with Crippen LogP contribution in [0.2, 0.25) is 0 Å². The molecule has 90 valence electrons. The van der Waals surface area contributed by atoms with Crippen molar-refractivity contribution >= 4 is 11.9 Å². The maximum atomic E-state index is 11.9. The Kier molecular flexibility index (Phi) is 2.88. The Morgan fingerprint density at radius 1 is 1.29 bits per heavy atom. The molecule has 1 amide bonds. The largest absolute Gasteiger partial charge is 0.478 e. The van der Waals surface area contributed by atoms with Crippen LogP contribution in [0.4, 0.5) is 0 Å². The van der Waals surface area contributed by atoms with E-state index in [1.807, 2.05) is 0 Å². The highest BCUT2D eigenvalue weighted by Crippen LogP contribution is 2.44. The second-order valence-corrected chi connectivity index (χ2v) is 4.84. The van der Waals surface area contributed by atoms with E-state index in [1.54, 1.807) is 12.1 Å². The number of hydrogen-bond acceptors (Lipinski definition) is 2. The number of amides is 1. The lowest BCUT2D eigenvalue weighted by molar-refractivity contribution is 0.0691. The first-order valence-corrected chi connectivity index (χ1v) is 5.62. The van der Waals surface area contributed by atoms with E-state index < -0.39 is 5.97 Å². The second-order valence-electron chi connectivity index (χ2n) is 4.84. The lowest BCUT2D eigenvalue weighted by atomic mass is 10.1. The fourth-order valence-electron chi connectivity index (χ4n) is 1.65. The molecule has 0 atom stereocenters. The fraction of sp³-hybridized carbons (Fsp3) is 0.385. The summed E-state index contributed by atoms with van der Waals surface area (Å²) in [5, 5.41) is 11.8. The van der Waals surface area contributed by atoms with Gasteiger partial charge in [0.05, 0.1) is 11.1 Å². The third kappa shape index (κ3) is 2.64. The molecule has 0 aliphatic heterocycles. The fourth-order valence-corrected chi connectivity index (χ4v) is 1.65. The van der Waals surface area contributed by atoms with E-state index in [2.05, 4.69) is 12.2 Å². The van der Waals surface area contributed by atoms with Crippen LogP contribution < -0.4 is 5.32 Å². The number of nitrogens with one attached hydrogen (secondary N) is 1. The highest BCUT2D eigenvalue weighted by molar-refractivity contribution is 6.04. The van der Waals surface area contributed by atoms with Crippen LogP contribution in [0.15, 0.2) is 24.3 Å². The van der Waals surface area contributed by atoms with Gasteiger partial charge in [-0.25, -0.2) is 4.79 Å². The molecule has 0 spiro atoms. The Balaban J connectivity index is 2.10. The van der Waals surface area contributed by atoms with Crippen molar-refractivity contribution in [3.05, 3.63) is 35.4 Å². The van der Waals surface area contributed by atoms with Gasteiger partial charge in [0.15, 0.2) is 0 Å². The van der Waals surface area contributed by atoms with Gasteiger partial charge in [-0.1, -0.05) is 19.1 Å². The Bertz CT molecular complexity index is 463. The number of rotatable bonds is 4. The summed E-state index contributed by atoms with van der Waals surface area (Å²) >= 11 is 0. The first-order valence-electron chi connectivity index (χ1n) is 5.62. The average Bonchev–Trinajstić information content (AvgIpc) is 3.05. The Morgan fingerprint density at radius 2 is 1.88 bits per heavy atom. The molecule has 0 aromatic heterocycles. The molecule has 1 aliphatic rings. The van der Waals surface area contributed by atoms with Crippen molar-refractivity contribution in [1.82, 2.24) is 5.32 Å². The molecule has 1 aromatic rings. The second kappa shape index (κ2) is 4.20. The zero-order chi connectivity index (χ0) is 12.5. The average molecular weight is 233 g/mol. The Labute approximate surface area is 99.6 Å². The van der Waals surface area contributed by atoms with Crippen molar-refractivity contribution < 1.29 is 14.7 Å². The Morgan fingerprint density at radius 3 is 2.41 bits per heavy atom. The lowest BCUT2D eigenvalue weighted by Crippen LogP contribution is -2.30. The Hall–Kier alpha value is -1.84. The topological polar surface area (TPSA) is 66.4 Å². The van der Waals surface area contributed by atoms with Gasteiger partial charge in [0.1, 0.15) is 0 Å². The first kappa shape index (κ1) is 11.6. The summed E-state index contributed by atoms with van der Waals surface area (Å²) in [5.41, 5.74) is 0.489. The summed E-state index contributed by atoms with van der Waals surface area (Å²) in [6.07, 6.45) is 2.24. The molecule has 1 aliphatic carbocycles. The minimum Gasteiger partial charge on any atom is -0.478 e. The number of carboxylic acid groups (broad SMARTS) is 1. The monoisotopic (exact) mass is 233 g/mol. The molecule has 2 N–H and O–H groups in total. The summed E-state index contributed by atoms with van der Waals surface area (Å²) in [5.74, 6) is -1.38. The highest BCUT2D eigenvalue weighted by atomic mass is 16.4. The smallest absolute Gasteiger partial charge is 0.336 e. The summed E-state index contributed by atoms with van der Waals surface area (Å²) in [6.45, 7) is 2.72. The molecule has 17 heavy (non-hydrogen) atoms. The molecule has 0 saturated heterocycles. The van der Waals surface area contributed by atoms with Crippen molar-refractivity contribution in [2.45, 2.75) is 19.8 Å². The van der Waals surface area contributed by atoms with Crippen molar-refractivity contribution in [2.75, 3.05) is 6.54 Å². The van der Waals surface area contributed by atoms with Crippen molar-refractivity contribution in [2.24, 2.45) is 5.41 Å². The summed E-state index contributed by atoms with van der Waals surface area (Å²) in [6, 6.07) is 6.26. The van der Waals surface area contributed by atoms with Gasteiger partial charge in [-0.15, -0.1) is 0 Å². The number of carboxylic acids is 1. The summed E-state index contributed by atoms with van der Waals surface area (Å²) in [4.78, 5) is 22.8. The van der Waals surface area contributed by atoms with Crippen LogP contribution in [0.3, 0.4) is 0 Å². The van der Waals surface area contributed by atoms with E-state index in [4.69, 9.17) is 5.11 Å². The third-order valence-corrected chi connectivity index (χ3v) is 3.18. The lowest BCUT2D eigenvalue weighted by Gasteiger charge is -2.11. The van der Waals surface area contributed by atoms with Gasteiger partial charge in [0.2, 0.25) is 0 Å². The van der Waals surface area contributed by atoms with Crippen LogP contribution >= 0.6 is 0 Å². The van der Waals surface area contributed by atoms with Crippen LogP contribution in [-0.2, 0) is 0 Å². The molecule has 0 unspecified atom stereocenters. The van der Waals surface area contributed by atoms with E-state index in [9.17, 15) is 9.59 Å². The molecule has 0 bridgehead atoms. The third-order valence-electron chi connectivity index (χ3n) is 3.18. The molecule has 0 heterocycles. The minimum atomic E-state index is -1.08. The normalized spacial score (nSPS) is 16.3. The summed E-state index contributed by atoms with van der Waals surface area (Å²) in [7, 11) is 0. The van der Waals surface area contributed by atoms with E-state index >= 15 is 0 Å². The van der Waals surface area contributed by atoms with E-state index in [0.717, 1.165) is 12.8 Å². The van der Waals surface area contributed by atoms with Crippen molar-refractivity contribution in [1.29, 1.82) is 0 Å². The zero-order valence-electron chi connectivity index (χ0n) is 9.69. The predicted octanol–water partition coefficient (Wildman–Crippen LogP) is 1.91.